The maximum absolute atomic E-state index is 11.9. The Hall–Kier alpha value is -1.85. The van der Waals surface area contributed by atoms with Gasteiger partial charge in [0.1, 0.15) is 11.3 Å². The lowest BCUT2D eigenvalue weighted by Gasteiger charge is -2.26. The topological polar surface area (TPSA) is 81.4 Å². The molecule has 2 rings (SSSR count). The first-order valence-corrected chi connectivity index (χ1v) is 7.36. The molecular weight excluding hydrogens is 272 g/mol. The first-order valence-electron chi connectivity index (χ1n) is 7.36. The van der Waals surface area contributed by atoms with Gasteiger partial charge in [-0.2, -0.15) is 0 Å². The Balaban J connectivity index is 1.78. The van der Waals surface area contributed by atoms with Crippen molar-refractivity contribution in [2.24, 2.45) is 5.92 Å². The third-order valence-corrected chi connectivity index (χ3v) is 3.95. The smallest absolute Gasteiger partial charge is 0.344 e. The fraction of sp³-hybridized carbons (Fsp3) is 0.667. The summed E-state index contributed by atoms with van der Waals surface area (Å²) in [7, 11) is 0. The van der Waals surface area contributed by atoms with Gasteiger partial charge in [0.25, 0.3) is 5.91 Å². The van der Waals surface area contributed by atoms with Crippen molar-refractivity contribution in [2.45, 2.75) is 52.5 Å². The van der Waals surface area contributed by atoms with Gasteiger partial charge in [-0.1, -0.05) is 12.1 Å². The van der Waals surface area contributed by atoms with Crippen LogP contribution in [0.25, 0.3) is 0 Å². The summed E-state index contributed by atoms with van der Waals surface area (Å²) >= 11 is 0. The van der Waals surface area contributed by atoms with E-state index >= 15 is 0 Å². The monoisotopic (exact) mass is 294 g/mol. The van der Waals surface area contributed by atoms with E-state index in [1.807, 2.05) is 0 Å². The fourth-order valence-electron chi connectivity index (χ4n) is 2.65. The van der Waals surface area contributed by atoms with Crippen LogP contribution in [0.1, 0.15) is 54.4 Å². The maximum atomic E-state index is 11.9. The van der Waals surface area contributed by atoms with E-state index in [9.17, 15) is 9.59 Å². The SMILES string of the molecule is Cc1noc(C)c1C(=O)OCC(=O)NC1CCC(C)CC1. The van der Waals surface area contributed by atoms with Gasteiger partial charge < -0.3 is 14.6 Å². The van der Waals surface area contributed by atoms with Crippen LogP contribution in [-0.2, 0) is 9.53 Å². The Morgan fingerprint density at radius 2 is 1.95 bits per heavy atom. The van der Waals surface area contributed by atoms with Crippen molar-refractivity contribution in [3.05, 3.63) is 17.0 Å². The van der Waals surface area contributed by atoms with Crippen molar-refractivity contribution in [2.75, 3.05) is 6.61 Å². The number of hydrogen-bond acceptors (Lipinski definition) is 5. The molecule has 0 saturated heterocycles. The molecule has 1 aromatic rings. The minimum absolute atomic E-state index is 0.200. The maximum Gasteiger partial charge on any atom is 0.344 e. The van der Waals surface area contributed by atoms with E-state index in [1.165, 1.54) is 0 Å². The van der Waals surface area contributed by atoms with Gasteiger partial charge in [0.05, 0.1) is 5.69 Å². The van der Waals surface area contributed by atoms with Crippen molar-refractivity contribution in [3.8, 4) is 0 Å². The minimum atomic E-state index is -0.571. The van der Waals surface area contributed by atoms with Crippen molar-refractivity contribution >= 4 is 11.9 Å². The van der Waals surface area contributed by atoms with Crippen LogP contribution in [0.15, 0.2) is 4.52 Å². The Morgan fingerprint density at radius 3 is 2.52 bits per heavy atom. The van der Waals surface area contributed by atoms with Gasteiger partial charge in [-0.25, -0.2) is 4.79 Å². The average Bonchev–Trinajstić information content (AvgIpc) is 2.78. The predicted octanol–water partition coefficient (Wildman–Crippen LogP) is 2.14. The predicted molar refractivity (Wildman–Crippen MR) is 75.8 cm³/mol. The molecule has 1 aromatic heterocycles. The molecule has 1 aliphatic carbocycles. The number of ether oxygens (including phenoxy) is 1. The van der Waals surface area contributed by atoms with Crippen LogP contribution < -0.4 is 5.32 Å². The zero-order valence-electron chi connectivity index (χ0n) is 12.8. The van der Waals surface area contributed by atoms with Gasteiger partial charge in [0.15, 0.2) is 6.61 Å². The van der Waals surface area contributed by atoms with E-state index < -0.39 is 5.97 Å². The number of esters is 1. The number of aromatic nitrogens is 1. The zero-order chi connectivity index (χ0) is 15.4. The van der Waals surface area contributed by atoms with Gasteiger partial charge in [-0.3, -0.25) is 4.79 Å². The fourth-order valence-corrected chi connectivity index (χ4v) is 2.65. The van der Waals surface area contributed by atoms with Crippen molar-refractivity contribution in [1.82, 2.24) is 10.5 Å². The number of carbonyl (C=O) groups excluding carboxylic acids is 2. The molecule has 0 spiro atoms. The van der Waals surface area contributed by atoms with Gasteiger partial charge in [0.2, 0.25) is 0 Å². The highest BCUT2D eigenvalue weighted by atomic mass is 16.5. The van der Waals surface area contributed by atoms with E-state index in [0.717, 1.165) is 31.6 Å². The molecule has 1 saturated carbocycles. The largest absolute Gasteiger partial charge is 0.452 e. The molecule has 0 aromatic carbocycles. The lowest BCUT2D eigenvalue weighted by atomic mass is 9.87. The molecule has 1 amide bonds. The minimum Gasteiger partial charge on any atom is -0.452 e. The average molecular weight is 294 g/mol. The number of nitrogens with one attached hydrogen (secondary N) is 1. The summed E-state index contributed by atoms with van der Waals surface area (Å²) < 4.78 is 9.92. The van der Waals surface area contributed by atoms with Gasteiger partial charge >= 0.3 is 5.97 Å². The molecule has 6 nitrogen and oxygen atoms in total. The lowest BCUT2D eigenvalue weighted by molar-refractivity contribution is -0.125. The van der Waals surface area contributed by atoms with E-state index in [2.05, 4.69) is 17.4 Å². The summed E-state index contributed by atoms with van der Waals surface area (Å²) in [6, 6.07) is 0.200. The van der Waals surface area contributed by atoms with E-state index in [-0.39, 0.29) is 18.6 Å². The molecule has 0 aliphatic heterocycles. The molecule has 6 heteroatoms. The van der Waals surface area contributed by atoms with Crippen molar-refractivity contribution < 1.29 is 18.8 Å². The molecular formula is C15H22N2O4. The van der Waals surface area contributed by atoms with Crippen LogP contribution in [0.4, 0.5) is 0 Å². The Morgan fingerprint density at radius 1 is 1.29 bits per heavy atom. The van der Waals surface area contributed by atoms with Crippen LogP contribution in [0.3, 0.4) is 0 Å². The molecule has 0 radical (unpaired) electrons. The van der Waals surface area contributed by atoms with Crippen LogP contribution in [0.2, 0.25) is 0 Å². The number of hydrogen-bond donors (Lipinski definition) is 1. The Bertz CT molecular complexity index is 496. The summed E-state index contributed by atoms with van der Waals surface area (Å²) in [4.78, 5) is 23.7. The van der Waals surface area contributed by atoms with Crippen molar-refractivity contribution in [1.29, 1.82) is 0 Å². The highest BCUT2D eigenvalue weighted by Crippen LogP contribution is 2.23. The molecule has 1 aliphatic rings. The van der Waals surface area contributed by atoms with Crippen LogP contribution in [-0.4, -0.2) is 29.7 Å². The Labute approximate surface area is 124 Å². The summed E-state index contributed by atoms with van der Waals surface area (Å²) in [5.74, 6) is 0.308. The molecule has 0 atom stereocenters. The van der Waals surface area contributed by atoms with Gasteiger partial charge in [-0.05, 0) is 45.4 Å². The van der Waals surface area contributed by atoms with E-state index in [1.54, 1.807) is 13.8 Å². The Kier molecular flexibility index (Phi) is 4.98. The van der Waals surface area contributed by atoms with Gasteiger partial charge in [0, 0.05) is 6.04 Å². The highest BCUT2D eigenvalue weighted by molar-refractivity contribution is 5.93. The summed E-state index contributed by atoms with van der Waals surface area (Å²) in [6.45, 7) is 5.26. The van der Waals surface area contributed by atoms with E-state index in [4.69, 9.17) is 9.26 Å². The molecule has 0 bridgehead atoms. The zero-order valence-corrected chi connectivity index (χ0v) is 12.8. The second kappa shape index (κ2) is 6.74. The standard InChI is InChI=1S/C15H22N2O4/c1-9-4-6-12(7-5-9)16-13(18)8-20-15(19)14-10(2)17-21-11(14)3/h9,12H,4-8H2,1-3H3,(H,16,18). The van der Waals surface area contributed by atoms with E-state index in [0.29, 0.717) is 17.0 Å². The molecule has 116 valence electrons. The summed E-state index contributed by atoms with van der Waals surface area (Å²) in [6.07, 6.45) is 4.24. The van der Waals surface area contributed by atoms with Gasteiger partial charge in [-0.15, -0.1) is 0 Å². The summed E-state index contributed by atoms with van der Waals surface area (Å²) in [5.41, 5.74) is 0.772. The van der Waals surface area contributed by atoms with Crippen LogP contribution >= 0.6 is 0 Å². The molecule has 1 N–H and O–H groups in total. The summed E-state index contributed by atoms with van der Waals surface area (Å²) in [5, 5.41) is 6.60. The lowest BCUT2D eigenvalue weighted by Crippen LogP contribution is -2.39. The van der Waals surface area contributed by atoms with Crippen LogP contribution in [0, 0.1) is 19.8 Å². The third kappa shape index (κ3) is 4.06. The number of carbonyl (C=O) groups is 2. The first kappa shape index (κ1) is 15.5. The molecule has 0 unspecified atom stereocenters. The molecule has 1 heterocycles. The normalized spacial score (nSPS) is 21.9. The molecule has 1 fully saturated rings. The second-order valence-electron chi connectivity index (χ2n) is 5.80. The quantitative estimate of drug-likeness (QED) is 0.860. The second-order valence-corrected chi connectivity index (χ2v) is 5.80. The van der Waals surface area contributed by atoms with Crippen molar-refractivity contribution in [3.63, 3.8) is 0 Å². The first-order chi connectivity index (χ1) is 9.97. The number of nitrogens with zero attached hydrogens (tertiary/aromatic N) is 1. The number of aryl methyl sites for hydroxylation is 2. The number of rotatable bonds is 4. The third-order valence-electron chi connectivity index (χ3n) is 3.95. The highest BCUT2D eigenvalue weighted by Gasteiger charge is 2.22. The van der Waals surface area contributed by atoms with Crippen LogP contribution in [0.5, 0.6) is 0 Å². The molecule has 21 heavy (non-hydrogen) atoms. The number of amides is 1.